The van der Waals surface area contributed by atoms with Crippen LogP contribution in [0.1, 0.15) is 30.2 Å². The first-order chi connectivity index (χ1) is 19.8. The molecule has 220 valence electrons. The van der Waals surface area contributed by atoms with Crippen LogP contribution in [0.2, 0.25) is 0 Å². The van der Waals surface area contributed by atoms with Crippen molar-refractivity contribution in [2.24, 2.45) is 0 Å². The number of aromatic nitrogens is 1. The number of nitrogens with zero attached hydrogens (tertiary/aromatic N) is 1. The summed E-state index contributed by atoms with van der Waals surface area (Å²) < 4.78 is 137. The van der Waals surface area contributed by atoms with Gasteiger partial charge in [0.05, 0.1) is 0 Å². The molecule has 0 fully saturated rings. The zero-order valence-corrected chi connectivity index (χ0v) is 21.6. The zero-order chi connectivity index (χ0) is 30.7. The first-order valence-electron chi connectivity index (χ1n) is 12.3. The Hall–Kier alpha value is -4.48. The van der Waals surface area contributed by atoms with Crippen molar-refractivity contribution < 1.29 is 49.0 Å². The average molecular weight is 597 g/mol. The lowest BCUT2D eigenvalue weighted by atomic mass is 10.0. The third-order valence-electron chi connectivity index (χ3n) is 5.94. The van der Waals surface area contributed by atoms with Crippen molar-refractivity contribution in [3.05, 3.63) is 125 Å². The summed E-state index contributed by atoms with van der Waals surface area (Å²) in [5, 5.41) is 0. The van der Waals surface area contributed by atoms with Crippen molar-refractivity contribution in [3.63, 3.8) is 0 Å². The van der Waals surface area contributed by atoms with Crippen LogP contribution >= 0.6 is 0 Å². The van der Waals surface area contributed by atoms with Gasteiger partial charge in [-0.3, -0.25) is 4.98 Å². The molecule has 0 radical (unpaired) electrons. The second-order valence-corrected chi connectivity index (χ2v) is 8.93. The number of halogens is 9. The molecule has 0 aliphatic rings. The molecule has 1 aromatic heterocycles. The number of alkyl halides is 4. The lowest BCUT2D eigenvalue weighted by Gasteiger charge is -2.21. The summed E-state index contributed by atoms with van der Waals surface area (Å²) in [5.74, 6) is -9.50. The maximum absolute atomic E-state index is 14.8. The number of aryl methyl sites for hydroxylation is 1. The number of hydrogen-bond acceptors (Lipinski definition) is 3. The fourth-order valence-corrected chi connectivity index (χ4v) is 3.86. The molecule has 12 heteroatoms. The maximum Gasteiger partial charge on any atom is 0.444 e. The Kier molecular flexibility index (Phi) is 8.83. The van der Waals surface area contributed by atoms with Crippen molar-refractivity contribution in [1.82, 2.24) is 4.98 Å². The van der Waals surface area contributed by atoms with Crippen molar-refractivity contribution in [1.29, 1.82) is 0 Å². The smallest absolute Gasteiger partial charge is 0.429 e. The molecule has 4 rings (SSSR count). The molecule has 0 saturated carbocycles. The summed E-state index contributed by atoms with van der Waals surface area (Å²) >= 11 is 0. The van der Waals surface area contributed by atoms with E-state index >= 15 is 0 Å². The monoisotopic (exact) mass is 597 g/mol. The number of rotatable bonds is 10. The SMILES string of the molecule is C/C=C/CCc1ccc(C(F)(F)Oc2ccc(C(F)(F)Oc3ccc(-c4cc(F)c(F)c(F)c4)c(F)c3)c(F)c2)nc1. The molecule has 0 bridgehead atoms. The van der Waals surface area contributed by atoms with Crippen LogP contribution in [0.15, 0.2) is 79.0 Å². The highest BCUT2D eigenvalue weighted by molar-refractivity contribution is 5.65. The lowest BCUT2D eigenvalue weighted by molar-refractivity contribution is -0.190. The largest absolute Gasteiger partial charge is 0.444 e. The van der Waals surface area contributed by atoms with Gasteiger partial charge in [0.1, 0.15) is 28.7 Å². The Labute approximate surface area is 233 Å². The molecule has 0 unspecified atom stereocenters. The third-order valence-corrected chi connectivity index (χ3v) is 5.94. The fraction of sp³-hybridized carbons (Fsp3) is 0.167. The van der Waals surface area contributed by atoms with Crippen LogP contribution in [0.5, 0.6) is 11.5 Å². The minimum atomic E-state index is -4.42. The molecule has 42 heavy (non-hydrogen) atoms. The number of hydrogen-bond donors (Lipinski definition) is 0. The van der Waals surface area contributed by atoms with Crippen LogP contribution in [0.4, 0.5) is 39.5 Å². The minimum absolute atomic E-state index is 0.299. The van der Waals surface area contributed by atoms with Crippen LogP contribution in [0, 0.1) is 29.1 Å². The van der Waals surface area contributed by atoms with E-state index in [1.807, 2.05) is 19.1 Å². The summed E-state index contributed by atoms with van der Waals surface area (Å²) in [4.78, 5) is 3.68. The molecule has 1 heterocycles. The number of benzene rings is 3. The number of pyridine rings is 1. The summed E-state index contributed by atoms with van der Waals surface area (Å²) in [7, 11) is 0. The number of ether oxygens (including phenoxy) is 2. The van der Waals surface area contributed by atoms with Crippen LogP contribution in [-0.2, 0) is 18.6 Å². The second kappa shape index (κ2) is 12.2. The van der Waals surface area contributed by atoms with E-state index in [4.69, 9.17) is 0 Å². The van der Waals surface area contributed by atoms with E-state index in [0.29, 0.717) is 54.8 Å². The van der Waals surface area contributed by atoms with E-state index < -0.39 is 75.2 Å². The van der Waals surface area contributed by atoms with Gasteiger partial charge in [-0.1, -0.05) is 18.2 Å². The van der Waals surface area contributed by atoms with Gasteiger partial charge >= 0.3 is 12.2 Å². The standard InChI is InChI=1S/C30H20F9NO2/c1-2-3-4-5-17-6-11-27(40-16-17)30(38,39)42-20-8-10-22(24(32)15-20)29(36,37)41-19-7-9-21(23(31)14-19)18-12-25(33)28(35)26(34)13-18/h2-3,6-16H,4-5H2,1H3/b3-2+. The molecular weight excluding hydrogens is 577 g/mol. The topological polar surface area (TPSA) is 31.4 Å². The van der Waals surface area contributed by atoms with Gasteiger partial charge in [0, 0.05) is 23.9 Å². The average Bonchev–Trinajstić information content (AvgIpc) is 2.91. The highest BCUT2D eigenvalue weighted by atomic mass is 19.3. The van der Waals surface area contributed by atoms with Gasteiger partial charge in [0.2, 0.25) is 0 Å². The summed E-state index contributed by atoms with van der Waals surface area (Å²) in [6, 6.07) is 6.97. The molecule has 0 N–H and O–H groups in total. The molecule has 0 saturated heterocycles. The Morgan fingerprint density at radius 2 is 1.33 bits per heavy atom. The molecule has 0 aliphatic heterocycles. The molecule has 3 aromatic carbocycles. The van der Waals surface area contributed by atoms with E-state index in [1.165, 1.54) is 12.3 Å². The van der Waals surface area contributed by atoms with Crippen LogP contribution in [0.3, 0.4) is 0 Å². The highest BCUT2D eigenvalue weighted by Gasteiger charge is 2.40. The van der Waals surface area contributed by atoms with Gasteiger partial charge in [-0.2, -0.15) is 17.6 Å². The van der Waals surface area contributed by atoms with Crippen LogP contribution in [0.25, 0.3) is 11.1 Å². The summed E-state index contributed by atoms with van der Waals surface area (Å²) in [6.07, 6.45) is -2.21. The van der Waals surface area contributed by atoms with Gasteiger partial charge in [-0.15, -0.1) is 0 Å². The zero-order valence-electron chi connectivity index (χ0n) is 21.6. The first kappa shape index (κ1) is 30.5. The van der Waals surface area contributed by atoms with Crippen molar-refractivity contribution >= 4 is 0 Å². The fourth-order valence-electron chi connectivity index (χ4n) is 3.86. The van der Waals surface area contributed by atoms with Gasteiger partial charge in [-0.05, 0) is 73.4 Å². The van der Waals surface area contributed by atoms with Crippen molar-refractivity contribution in [2.75, 3.05) is 0 Å². The van der Waals surface area contributed by atoms with Gasteiger partial charge < -0.3 is 9.47 Å². The van der Waals surface area contributed by atoms with E-state index in [2.05, 4.69) is 14.5 Å². The molecule has 4 aromatic rings. The second-order valence-electron chi connectivity index (χ2n) is 8.93. The summed E-state index contributed by atoms with van der Waals surface area (Å²) in [6.45, 7) is 1.84. The summed E-state index contributed by atoms with van der Waals surface area (Å²) in [5.41, 5.74) is -2.36. The van der Waals surface area contributed by atoms with E-state index in [1.54, 1.807) is 0 Å². The first-order valence-corrected chi connectivity index (χ1v) is 12.3. The van der Waals surface area contributed by atoms with Crippen LogP contribution in [-0.4, -0.2) is 4.98 Å². The molecule has 3 nitrogen and oxygen atoms in total. The Balaban J connectivity index is 1.48. The maximum atomic E-state index is 14.8. The lowest BCUT2D eigenvalue weighted by Crippen LogP contribution is -2.25. The predicted molar refractivity (Wildman–Crippen MR) is 135 cm³/mol. The normalized spacial score (nSPS) is 12.1. The third kappa shape index (κ3) is 6.87. The van der Waals surface area contributed by atoms with Gasteiger partial charge in [0.15, 0.2) is 23.1 Å². The van der Waals surface area contributed by atoms with Crippen LogP contribution < -0.4 is 9.47 Å². The number of allylic oxidation sites excluding steroid dienone is 2. The molecule has 0 atom stereocenters. The molecule has 0 amide bonds. The molecule has 0 spiro atoms. The molecule has 0 aliphatic carbocycles. The molecular formula is C30H20F9NO2. The van der Waals surface area contributed by atoms with Crippen molar-refractivity contribution in [2.45, 2.75) is 32.0 Å². The van der Waals surface area contributed by atoms with E-state index in [0.717, 1.165) is 18.2 Å². The quantitative estimate of drug-likeness (QED) is 0.104. The van der Waals surface area contributed by atoms with Crippen molar-refractivity contribution in [3.8, 4) is 22.6 Å². The Morgan fingerprint density at radius 3 is 1.90 bits per heavy atom. The highest BCUT2D eigenvalue weighted by Crippen LogP contribution is 2.38. The van der Waals surface area contributed by atoms with E-state index in [-0.39, 0.29) is 0 Å². The Morgan fingerprint density at radius 1 is 0.714 bits per heavy atom. The van der Waals surface area contributed by atoms with Gasteiger partial charge in [-0.25, -0.2) is 22.0 Å². The van der Waals surface area contributed by atoms with Gasteiger partial charge in [0.25, 0.3) is 0 Å². The Bertz CT molecular complexity index is 1580. The predicted octanol–water partition coefficient (Wildman–Crippen LogP) is 9.21. The van der Waals surface area contributed by atoms with E-state index in [9.17, 15) is 39.5 Å². The minimum Gasteiger partial charge on any atom is -0.429 e.